The number of carbonyl (C=O) groups excluding carboxylic acids is 1. The van der Waals surface area contributed by atoms with Crippen molar-refractivity contribution in [3.8, 4) is 0 Å². The van der Waals surface area contributed by atoms with Gasteiger partial charge in [-0.25, -0.2) is 5.01 Å². The lowest BCUT2D eigenvalue weighted by molar-refractivity contribution is 0.0686. The number of thiophene rings is 1. The maximum atomic E-state index is 13.6. The van der Waals surface area contributed by atoms with Crippen LogP contribution < -0.4 is 9.80 Å². The summed E-state index contributed by atoms with van der Waals surface area (Å²) in [6, 6.07) is 20.9. The highest BCUT2D eigenvalue weighted by Crippen LogP contribution is 2.45. The van der Waals surface area contributed by atoms with Crippen LogP contribution in [0.3, 0.4) is 0 Å². The van der Waals surface area contributed by atoms with Crippen LogP contribution in [0.25, 0.3) is 6.08 Å². The highest BCUT2D eigenvalue weighted by atomic mass is 32.1. The van der Waals surface area contributed by atoms with E-state index in [1.807, 2.05) is 31.6 Å². The Morgan fingerprint density at radius 1 is 0.971 bits per heavy atom. The highest BCUT2D eigenvalue weighted by Gasteiger charge is 2.44. The summed E-state index contributed by atoms with van der Waals surface area (Å²) in [4.78, 5) is 18.5. The second kappa shape index (κ2) is 9.70. The molecule has 5 rings (SSSR count). The number of nitrogens with zero attached hydrogens (tertiary/aromatic N) is 4. The van der Waals surface area contributed by atoms with Crippen LogP contribution in [0.15, 0.2) is 76.7 Å². The van der Waals surface area contributed by atoms with E-state index in [2.05, 4.69) is 78.5 Å². The molecule has 5 nitrogen and oxygen atoms in total. The molecule has 1 amide bonds. The first-order valence-electron chi connectivity index (χ1n) is 12.1. The van der Waals surface area contributed by atoms with Gasteiger partial charge in [0.15, 0.2) is 0 Å². The van der Waals surface area contributed by atoms with Gasteiger partial charge in [-0.2, -0.15) is 5.10 Å². The van der Waals surface area contributed by atoms with Crippen LogP contribution in [0.1, 0.15) is 46.1 Å². The Kier molecular flexibility index (Phi) is 6.48. The summed E-state index contributed by atoms with van der Waals surface area (Å²) in [6.45, 7) is 0. The lowest BCUT2D eigenvalue weighted by Gasteiger charge is -2.30. The maximum Gasteiger partial charge on any atom is 0.284 e. The fourth-order valence-corrected chi connectivity index (χ4v) is 5.71. The van der Waals surface area contributed by atoms with Gasteiger partial charge in [0.05, 0.1) is 16.6 Å². The first-order chi connectivity index (χ1) is 16.9. The first kappa shape index (κ1) is 23.4. The molecule has 35 heavy (non-hydrogen) atoms. The molecule has 1 aliphatic heterocycles. The van der Waals surface area contributed by atoms with E-state index in [1.54, 1.807) is 5.01 Å². The molecule has 0 saturated heterocycles. The number of allylic oxidation sites excluding steroid dienone is 1. The third-order valence-electron chi connectivity index (χ3n) is 6.94. The van der Waals surface area contributed by atoms with Gasteiger partial charge in [-0.05, 0) is 77.8 Å². The van der Waals surface area contributed by atoms with E-state index in [0.717, 1.165) is 41.1 Å². The second-order valence-electron chi connectivity index (χ2n) is 9.70. The van der Waals surface area contributed by atoms with Crippen LogP contribution in [0.4, 0.5) is 11.4 Å². The molecule has 1 aliphatic carbocycles. The number of amides is 1. The van der Waals surface area contributed by atoms with E-state index in [1.165, 1.54) is 28.2 Å². The molecule has 2 atom stereocenters. The Morgan fingerprint density at radius 2 is 1.63 bits per heavy atom. The van der Waals surface area contributed by atoms with Gasteiger partial charge >= 0.3 is 0 Å². The monoisotopic (exact) mass is 484 g/mol. The normalized spacial score (nSPS) is 20.5. The van der Waals surface area contributed by atoms with Gasteiger partial charge in [-0.3, -0.25) is 4.79 Å². The van der Waals surface area contributed by atoms with Gasteiger partial charge in [-0.15, -0.1) is 11.3 Å². The summed E-state index contributed by atoms with van der Waals surface area (Å²) in [6.07, 6.45) is 5.37. The van der Waals surface area contributed by atoms with Crippen molar-refractivity contribution in [1.29, 1.82) is 0 Å². The third-order valence-corrected chi connectivity index (χ3v) is 7.80. The number of fused-ring (bicyclic) bond motifs is 1. The maximum absolute atomic E-state index is 13.6. The molecule has 1 fully saturated rings. The Labute approximate surface area is 212 Å². The number of anilines is 2. The molecule has 3 aromatic rings. The summed E-state index contributed by atoms with van der Waals surface area (Å²) >= 11 is 1.48. The van der Waals surface area contributed by atoms with E-state index in [4.69, 9.17) is 5.10 Å². The van der Waals surface area contributed by atoms with Crippen LogP contribution >= 0.6 is 11.3 Å². The van der Waals surface area contributed by atoms with Crippen molar-refractivity contribution in [2.45, 2.75) is 25.3 Å². The fraction of sp³-hybridized carbons (Fsp3) is 0.310. The molecule has 2 heterocycles. The van der Waals surface area contributed by atoms with Crippen molar-refractivity contribution < 1.29 is 4.79 Å². The van der Waals surface area contributed by atoms with Crippen molar-refractivity contribution in [2.24, 2.45) is 11.0 Å². The number of hydrogen-bond acceptors (Lipinski definition) is 5. The number of hydrogen-bond donors (Lipinski definition) is 0. The molecule has 1 aromatic heterocycles. The lowest BCUT2D eigenvalue weighted by Crippen LogP contribution is -2.31. The average Bonchev–Trinajstić information content (AvgIpc) is 3.53. The van der Waals surface area contributed by atoms with Gasteiger partial charge in [0.25, 0.3) is 5.91 Å². The quantitative estimate of drug-likeness (QED) is 0.426. The molecule has 0 radical (unpaired) electrons. The minimum atomic E-state index is -0.0874. The molecule has 0 bridgehead atoms. The van der Waals surface area contributed by atoms with Crippen LogP contribution in [-0.2, 0) is 0 Å². The summed E-state index contributed by atoms with van der Waals surface area (Å²) in [7, 11) is 8.19. The van der Waals surface area contributed by atoms with Crippen LogP contribution in [-0.4, -0.2) is 44.8 Å². The SMILES string of the molecule is CN(C)c1ccc(/C=C2\CCCC3C2=NN(C(=O)c2cccs2)C3c2ccc(N(C)C)cc2)cc1. The zero-order valence-electron chi connectivity index (χ0n) is 20.8. The largest absolute Gasteiger partial charge is 0.378 e. The topological polar surface area (TPSA) is 39.1 Å². The number of rotatable bonds is 5. The van der Waals surface area contributed by atoms with E-state index >= 15 is 0 Å². The van der Waals surface area contributed by atoms with Crippen LogP contribution in [0, 0.1) is 5.92 Å². The number of hydrazone groups is 1. The Bertz CT molecular complexity index is 1240. The standard InChI is InChI=1S/C29H32N4OS/c1-31(2)23-14-10-20(11-15-23)19-22-7-5-8-25-27(22)30-33(29(34)26-9-6-18-35-26)28(25)21-12-16-24(17-13-21)32(3)4/h6,9-19,25,28H,5,7-8H2,1-4H3/b22-19+. The van der Waals surface area contributed by atoms with Crippen molar-refractivity contribution in [3.63, 3.8) is 0 Å². The molecule has 0 N–H and O–H groups in total. The van der Waals surface area contributed by atoms with E-state index in [-0.39, 0.29) is 17.9 Å². The predicted molar refractivity (Wildman–Crippen MR) is 148 cm³/mol. The molecule has 0 spiro atoms. The molecular formula is C29H32N4OS. The van der Waals surface area contributed by atoms with Crippen LogP contribution in [0.2, 0.25) is 0 Å². The lowest BCUT2D eigenvalue weighted by atomic mass is 9.77. The summed E-state index contributed by atoms with van der Waals surface area (Å²) < 4.78 is 0. The van der Waals surface area contributed by atoms with Crippen LogP contribution in [0.5, 0.6) is 0 Å². The van der Waals surface area contributed by atoms with Gasteiger partial charge < -0.3 is 9.80 Å². The van der Waals surface area contributed by atoms with Crippen molar-refractivity contribution in [2.75, 3.05) is 38.0 Å². The molecule has 180 valence electrons. The predicted octanol–water partition coefficient (Wildman–Crippen LogP) is 6.32. The molecule has 2 unspecified atom stereocenters. The Balaban J connectivity index is 1.53. The molecule has 6 heteroatoms. The van der Waals surface area contributed by atoms with Crippen molar-refractivity contribution in [1.82, 2.24) is 5.01 Å². The molecule has 2 aromatic carbocycles. The number of benzene rings is 2. The van der Waals surface area contributed by atoms with Crippen molar-refractivity contribution >= 4 is 40.4 Å². The highest BCUT2D eigenvalue weighted by molar-refractivity contribution is 7.12. The fourth-order valence-electron chi connectivity index (χ4n) is 5.05. The van der Waals surface area contributed by atoms with Gasteiger partial charge in [0.2, 0.25) is 0 Å². The third kappa shape index (κ3) is 4.63. The first-order valence-corrected chi connectivity index (χ1v) is 13.0. The summed E-state index contributed by atoms with van der Waals surface area (Å²) in [5.74, 6) is 0.184. The minimum absolute atomic E-state index is 0.0155. The number of carbonyl (C=O) groups is 1. The molecule has 1 saturated carbocycles. The summed E-state index contributed by atoms with van der Waals surface area (Å²) in [5.41, 5.74) is 6.95. The van der Waals surface area contributed by atoms with E-state index < -0.39 is 0 Å². The smallest absolute Gasteiger partial charge is 0.284 e. The van der Waals surface area contributed by atoms with Gasteiger partial charge in [0.1, 0.15) is 0 Å². The van der Waals surface area contributed by atoms with Gasteiger partial charge in [-0.1, -0.05) is 30.3 Å². The van der Waals surface area contributed by atoms with Crippen molar-refractivity contribution in [3.05, 3.63) is 87.6 Å². The Hall–Kier alpha value is -3.38. The minimum Gasteiger partial charge on any atom is -0.378 e. The van der Waals surface area contributed by atoms with E-state index in [9.17, 15) is 4.79 Å². The van der Waals surface area contributed by atoms with E-state index in [0.29, 0.717) is 0 Å². The molecular weight excluding hydrogens is 452 g/mol. The zero-order chi connectivity index (χ0) is 24.5. The Morgan fingerprint density at radius 3 is 2.23 bits per heavy atom. The second-order valence-corrected chi connectivity index (χ2v) is 10.6. The molecule has 2 aliphatic rings. The zero-order valence-corrected chi connectivity index (χ0v) is 21.6. The van der Waals surface area contributed by atoms with Gasteiger partial charge in [0, 0.05) is 45.5 Å². The average molecular weight is 485 g/mol. The summed E-state index contributed by atoms with van der Waals surface area (Å²) in [5, 5.41) is 8.73.